The molecule has 2 N–H and O–H groups in total. The molecule has 6 heteroatoms. The molecule has 1 amide bonds. The molecule has 0 spiro atoms. The van der Waals surface area contributed by atoms with Gasteiger partial charge in [-0.2, -0.15) is 0 Å². The Labute approximate surface area is 116 Å². The van der Waals surface area contributed by atoms with E-state index >= 15 is 0 Å². The number of aliphatic carboxylic acids is 1. The Bertz CT molecular complexity index is 471. The van der Waals surface area contributed by atoms with E-state index in [1.807, 2.05) is 13.8 Å². The van der Waals surface area contributed by atoms with Gasteiger partial charge in [0.05, 0.1) is 11.6 Å². The van der Waals surface area contributed by atoms with E-state index in [1.165, 1.54) is 11.3 Å². The lowest BCUT2D eigenvalue weighted by molar-refractivity contribution is -0.143. The second kappa shape index (κ2) is 5.69. The van der Waals surface area contributed by atoms with Crippen LogP contribution in [0.2, 0.25) is 0 Å². The Morgan fingerprint density at radius 3 is 2.26 bits per heavy atom. The summed E-state index contributed by atoms with van der Waals surface area (Å²) in [6, 6.07) is 0. The zero-order valence-electron chi connectivity index (χ0n) is 11.1. The van der Waals surface area contributed by atoms with Crippen molar-refractivity contribution in [1.82, 2.24) is 4.98 Å². The highest BCUT2D eigenvalue weighted by molar-refractivity contribution is 7.15. The third-order valence-electron chi connectivity index (χ3n) is 3.71. The number of aromatic nitrogens is 1. The van der Waals surface area contributed by atoms with Crippen LogP contribution in [-0.2, 0) is 9.59 Å². The van der Waals surface area contributed by atoms with E-state index < -0.39 is 5.97 Å². The number of rotatable bonds is 3. The van der Waals surface area contributed by atoms with Gasteiger partial charge in [-0.1, -0.05) is 0 Å². The molecule has 0 aliphatic heterocycles. The van der Waals surface area contributed by atoms with Gasteiger partial charge in [0, 0.05) is 10.8 Å². The second-order valence-electron chi connectivity index (χ2n) is 5.04. The average molecular weight is 282 g/mol. The fraction of sp³-hybridized carbons (Fsp3) is 0.615. The van der Waals surface area contributed by atoms with Crippen molar-refractivity contribution in [2.75, 3.05) is 5.32 Å². The average Bonchev–Trinajstić information content (AvgIpc) is 2.68. The summed E-state index contributed by atoms with van der Waals surface area (Å²) < 4.78 is 0. The van der Waals surface area contributed by atoms with Crippen LogP contribution in [0.25, 0.3) is 0 Å². The largest absolute Gasteiger partial charge is 0.481 e. The van der Waals surface area contributed by atoms with Gasteiger partial charge in [0.15, 0.2) is 5.13 Å². The van der Waals surface area contributed by atoms with Gasteiger partial charge in [0.2, 0.25) is 5.91 Å². The first-order chi connectivity index (χ1) is 8.97. The number of carbonyl (C=O) groups is 2. The monoisotopic (exact) mass is 282 g/mol. The van der Waals surface area contributed by atoms with Gasteiger partial charge in [-0.3, -0.25) is 9.59 Å². The number of anilines is 1. The van der Waals surface area contributed by atoms with Crippen LogP contribution >= 0.6 is 11.3 Å². The first kappa shape index (κ1) is 14.0. The molecule has 0 unspecified atom stereocenters. The fourth-order valence-corrected chi connectivity index (χ4v) is 3.15. The first-order valence-corrected chi connectivity index (χ1v) is 7.26. The normalized spacial score (nSPS) is 23.1. The maximum atomic E-state index is 12.1. The maximum Gasteiger partial charge on any atom is 0.306 e. The van der Waals surface area contributed by atoms with Crippen LogP contribution in [0.4, 0.5) is 5.13 Å². The SMILES string of the molecule is Cc1nc(NC(=O)C2CCC(C(=O)O)CC2)sc1C. The Morgan fingerprint density at radius 1 is 1.21 bits per heavy atom. The molecule has 0 radical (unpaired) electrons. The third-order valence-corrected chi connectivity index (χ3v) is 4.69. The maximum absolute atomic E-state index is 12.1. The molecular formula is C13H18N2O3S. The molecule has 1 aliphatic rings. The Balaban J connectivity index is 1.89. The van der Waals surface area contributed by atoms with Crippen LogP contribution in [0.15, 0.2) is 0 Å². The lowest BCUT2D eigenvalue weighted by atomic mass is 9.81. The lowest BCUT2D eigenvalue weighted by Crippen LogP contribution is -2.29. The van der Waals surface area contributed by atoms with Crippen molar-refractivity contribution in [2.45, 2.75) is 39.5 Å². The van der Waals surface area contributed by atoms with Crippen molar-refractivity contribution in [3.05, 3.63) is 10.6 Å². The molecule has 0 bridgehead atoms. The van der Waals surface area contributed by atoms with E-state index in [9.17, 15) is 9.59 Å². The van der Waals surface area contributed by atoms with E-state index in [4.69, 9.17) is 5.11 Å². The second-order valence-corrected chi connectivity index (χ2v) is 6.24. The van der Waals surface area contributed by atoms with E-state index in [0.717, 1.165) is 10.6 Å². The quantitative estimate of drug-likeness (QED) is 0.893. The Morgan fingerprint density at radius 2 is 1.79 bits per heavy atom. The van der Waals surface area contributed by atoms with Gasteiger partial charge in [-0.15, -0.1) is 11.3 Å². The van der Waals surface area contributed by atoms with E-state index in [0.29, 0.717) is 30.8 Å². The molecule has 1 aromatic rings. The topological polar surface area (TPSA) is 79.3 Å². The molecule has 0 atom stereocenters. The number of nitrogens with one attached hydrogen (secondary N) is 1. The van der Waals surface area contributed by atoms with Crippen LogP contribution in [0.3, 0.4) is 0 Å². The molecule has 2 rings (SSSR count). The molecule has 5 nitrogen and oxygen atoms in total. The Hall–Kier alpha value is -1.43. The summed E-state index contributed by atoms with van der Waals surface area (Å²) in [5, 5.41) is 12.4. The van der Waals surface area contributed by atoms with Crippen molar-refractivity contribution < 1.29 is 14.7 Å². The number of hydrogen-bond donors (Lipinski definition) is 2. The van der Waals surface area contributed by atoms with E-state index in [2.05, 4.69) is 10.3 Å². The minimum Gasteiger partial charge on any atom is -0.481 e. The lowest BCUT2D eigenvalue weighted by Gasteiger charge is -2.24. The highest BCUT2D eigenvalue weighted by atomic mass is 32.1. The minimum absolute atomic E-state index is 0.0300. The van der Waals surface area contributed by atoms with Gasteiger partial charge in [-0.25, -0.2) is 4.98 Å². The summed E-state index contributed by atoms with van der Waals surface area (Å²) in [6.45, 7) is 3.89. The number of hydrogen-bond acceptors (Lipinski definition) is 4. The van der Waals surface area contributed by atoms with Crippen LogP contribution in [0.5, 0.6) is 0 Å². The van der Waals surface area contributed by atoms with Gasteiger partial charge < -0.3 is 10.4 Å². The van der Waals surface area contributed by atoms with Crippen molar-refractivity contribution in [3.63, 3.8) is 0 Å². The smallest absolute Gasteiger partial charge is 0.306 e. The molecule has 0 saturated heterocycles. The van der Waals surface area contributed by atoms with Gasteiger partial charge in [-0.05, 0) is 39.5 Å². The van der Waals surface area contributed by atoms with Crippen LogP contribution in [0.1, 0.15) is 36.3 Å². The predicted molar refractivity (Wildman–Crippen MR) is 73.3 cm³/mol. The van der Waals surface area contributed by atoms with E-state index in [-0.39, 0.29) is 17.7 Å². The van der Waals surface area contributed by atoms with Gasteiger partial charge in [0.1, 0.15) is 0 Å². The van der Waals surface area contributed by atoms with Crippen molar-refractivity contribution in [2.24, 2.45) is 11.8 Å². The molecule has 1 saturated carbocycles. The summed E-state index contributed by atoms with van der Waals surface area (Å²) in [5.41, 5.74) is 0.940. The fourth-order valence-electron chi connectivity index (χ4n) is 2.34. The molecule has 1 heterocycles. The van der Waals surface area contributed by atoms with Crippen LogP contribution < -0.4 is 5.32 Å². The molecule has 1 aliphatic carbocycles. The summed E-state index contributed by atoms with van der Waals surface area (Å²) in [4.78, 5) is 28.3. The van der Waals surface area contributed by atoms with Crippen LogP contribution in [0, 0.1) is 25.7 Å². The zero-order valence-corrected chi connectivity index (χ0v) is 11.9. The summed E-state index contributed by atoms with van der Waals surface area (Å²) in [5.74, 6) is -1.14. The molecule has 19 heavy (non-hydrogen) atoms. The number of nitrogens with zero attached hydrogens (tertiary/aromatic N) is 1. The molecule has 104 valence electrons. The van der Waals surface area contributed by atoms with Crippen molar-refractivity contribution >= 4 is 28.3 Å². The van der Waals surface area contributed by atoms with Gasteiger partial charge in [0.25, 0.3) is 0 Å². The summed E-state index contributed by atoms with van der Waals surface area (Å²) in [7, 11) is 0. The summed E-state index contributed by atoms with van der Waals surface area (Å²) in [6.07, 6.45) is 2.46. The first-order valence-electron chi connectivity index (χ1n) is 6.45. The van der Waals surface area contributed by atoms with Gasteiger partial charge >= 0.3 is 5.97 Å². The zero-order chi connectivity index (χ0) is 14.0. The number of aryl methyl sites for hydroxylation is 2. The third kappa shape index (κ3) is 3.32. The van der Waals surface area contributed by atoms with Crippen molar-refractivity contribution in [3.8, 4) is 0 Å². The number of carboxylic acids is 1. The molecule has 0 aromatic carbocycles. The summed E-state index contributed by atoms with van der Waals surface area (Å²) >= 11 is 1.47. The molecule has 1 fully saturated rings. The molecule has 1 aromatic heterocycles. The van der Waals surface area contributed by atoms with Crippen LogP contribution in [-0.4, -0.2) is 22.0 Å². The standard InChI is InChI=1S/C13H18N2O3S/c1-7-8(2)19-13(14-7)15-11(16)9-3-5-10(6-4-9)12(17)18/h9-10H,3-6H2,1-2H3,(H,17,18)(H,14,15,16). The van der Waals surface area contributed by atoms with Crippen molar-refractivity contribution in [1.29, 1.82) is 0 Å². The highest BCUT2D eigenvalue weighted by Crippen LogP contribution is 2.30. The van der Waals surface area contributed by atoms with E-state index in [1.54, 1.807) is 0 Å². The molecular weight excluding hydrogens is 264 g/mol. The minimum atomic E-state index is -0.745. The number of thiazole rings is 1. The highest BCUT2D eigenvalue weighted by Gasteiger charge is 2.30. The number of carbonyl (C=O) groups excluding carboxylic acids is 1. The Kier molecular flexibility index (Phi) is 4.19. The predicted octanol–water partition coefficient (Wildman–Crippen LogP) is 2.59. The number of carboxylic acid groups (broad SMARTS) is 1. The number of amides is 1.